The van der Waals surface area contributed by atoms with Crippen LogP contribution in [0.2, 0.25) is 0 Å². The van der Waals surface area contributed by atoms with E-state index < -0.39 is 0 Å². The molecule has 0 aliphatic heterocycles. The van der Waals surface area contributed by atoms with E-state index in [0.29, 0.717) is 0 Å². The van der Waals surface area contributed by atoms with Crippen molar-refractivity contribution in [2.45, 2.75) is 0 Å². The molecule has 0 spiro atoms. The maximum absolute atomic E-state index is 4.12. The smallest absolute Gasteiger partial charge is 0.0495 e. The first kappa shape index (κ1) is 8.72. The molecule has 0 radical (unpaired) electrons. The second kappa shape index (κ2) is 3.12. The van der Waals surface area contributed by atoms with Crippen LogP contribution in [0.4, 0.5) is 0 Å². The monoisotopic (exact) mass is 186 g/mol. The van der Waals surface area contributed by atoms with E-state index in [0.717, 1.165) is 5.52 Å². The SMILES string of the molecule is O.c1ccc2c(c1)[nH]c1ccncc12. The molecule has 0 saturated carbocycles. The van der Waals surface area contributed by atoms with Crippen molar-refractivity contribution in [3.8, 4) is 0 Å². The summed E-state index contributed by atoms with van der Waals surface area (Å²) in [5, 5.41) is 2.43. The van der Waals surface area contributed by atoms with E-state index in [-0.39, 0.29) is 5.48 Å². The predicted octanol–water partition coefficient (Wildman–Crippen LogP) is 1.89. The molecule has 0 unspecified atom stereocenters. The van der Waals surface area contributed by atoms with Gasteiger partial charge in [-0.15, -0.1) is 0 Å². The molecule has 2 aromatic heterocycles. The van der Waals surface area contributed by atoms with Crippen molar-refractivity contribution in [3.63, 3.8) is 0 Å². The normalized spacial score (nSPS) is 10.3. The van der Waals surface area contributed by atoms with Gasteiger partial charge in [0.25, 0.3) is 0 Å². The van der Waals surface area contributed by atoms with E-state index in [2.05, 4.69) is 22.1 Å². The Morgan fingerprint density at radius 2 is 1.71 bits per heavy atom. The van der Waals surface area contributed by atoms with Crippen molar-refractivity contribution in [3.05, 3.63) is 42.7 Å². The summed E-state index contributed by atoms with van der Waals surface area (Å²) in [5.74, 6) is 0. The van der Waals surface area contributed by atoms with Gasteiger partial charge in [-0.25, -0.2) is 0 Å². The molecule has 0 saturated heterocycles. The minimum atomic E-state index is 0. The zero-order valence-corrected chi connectivity index (χ0v) is 7.49. The van der Waals surface area contributed by atoms with Crippen LogP contribution in [0, 0.1) is 0 Å². The number of fused-ring (bicyclic) bond motifs is 3. The Labute approximate surface area is 80.7 Å². The van der Waals surface area contributed by atoms with Crippen LogP contribution in [0.3, 0.4) is 0 Å². The summed E-state index contributed by atoms with van der Waals surface area (Å²) in [6.07, 6.45) is 3.70. The maximum atomic E-state index is 4.12. The highest BCUT2D eigenvalue weighted by Crippen LogP contribution is 2.23. The molecule has 3 N–H and O–H groups in total. The fraction of sp³-hybridized carbons (Fsp3) is 0. The molecular weight excluding hydrogens is 176 g/mol. The third-order valence-corrected chi connectivity index (χ3v) is 2.31. The first-order valence-electron chi connectivity index (χ1n) is 4.25. The summed E-state index contributed by atoms with van der Waals surface area (Å²) in [6.45, 7) is 0. The third kappa shape index (κ3) is 1.07. The van der Waals surface area contributed by atoms with Crippen molar-refractivity contribution in [1.29, 1.82) is 0 Å². The van der Waals surface area contributed by atoms with Crippen molar-refractivity contribution >= 4 is 21.8 Å². The molecule has 3 nitrogen and oxygen atoms in total. The second-order valence-electron chi connectivity index (χ2n) is 3.09. The van der Waals surface area contributed by atoms with Gasteiger partial charge in [0.1, 0.15) is 0 Å². The minimum absolute atomic E-state index is 0. The summed E-state index contributed by atoms with van der Waals surface area (Å²) >= 11 is 0. The van der Waals surface area contributed by atoms with Gasteiger partial charge in [-0.2, -0.15) is 0 Å². The summed E-state index contributed by atoms with van der Waals surface area (Å²) in [7, 11) is 0. The van der Waals surface area contributed by atoms with Gasteiger partial charge < -0.3 is 10.5 Å². The first-order valence-corrected chi connectivity index (χ1v) is 4.25. The number of aromatic amines is 1. The van der Waals surface area contributed by atoms with E-state index in [1.165, 1.54) is 16.3 Å². The quantitative estimate of drug-likeness (QED) is 0.572. The number of para-hydroxylation sites is 1. The van der Waals surface area contributed by atoms with Crippen LogP contribution in [-0.4, -0.2) is 15.4 Å². The average Bonchev–Trinajstić information content (AvgIpc) is 2.56. The van der Waals surface area contributed by atoms with E-state index in [1.807, 2.05) is 24.4 Å². The highest BCUT2D eigenvalue weighted by atomic mass is 16.0. The molecule has 14 heavy (non-hydrogen) atoms. The topological polar surface area (TPSA) is 60.2 Å². The summed E-state index contributed by atoms with van der Waals surface area (Å²) in [6, 6.07) is 10.3. The first-order chi connectivity index (χ1) is 6.45. The predicted molar refractivity (Wildman–Crippen MR) is 57.2 cm³/mol. The van der Waals surface area contributed by atoms with Crippen molar-refractivity contribution in [2.24, 2.45) is 0 Å². The molecular formula is C11H10N2O. The average molecular weight is 186 g/mol. The van der Waals surface area contributed by atoms with E-state index in [9.17, 15) is 0 Å². The van der Waals surface area contributed by atoms with Crippen molar-refractivity contribution < 1.29 is 5.48 Å². The highest BCUT2D eigenvalue weighted by molar-refractivity contribution is 6.06. The van der Waals surface area contributed by atoms with Gasteiger partial charge in [0, 0.05) is 34.2 Å². The molecule has 0 fully saturated rings. The molecule has 0 bridgehead atoms. The molecule has 3 aromatic rings. The number of hydrogen-bond donors (Lipinski definition) is 1. The molecule has 3 heteroatoms. The number of pyridine rings is 1. The van der Waals surface area contributed by atoms with Gasteiger partial charge in [0.05, 0.1) is 0 Å². The Hall–Kier alpha value is -1.87. The molecule has 70 valence electrons. The Kier molecular flexibility index (Phi) is 1.94. The van der Waals surface area contributed by atoms with Gasteiger partial charge >= 0.3 is 0 Å². The molecule has 0 atom stereocenters. The second-order valence-corrected chi connectivity index (χ2v) is 3.09. The van der Waals surface area contributed by atoms with Gasteiger partial charge in [-0.3, -0.25) is 4.98 Å². The highest BCUT2D eigenvalue weighted by Gasteiger charge is 2.00. The lowest BCUT2D eigenvalue weighted by atomic mass is 10.2. The summed E-state index contributed by atoms with van der Waals surface area (Å²) in [5.41, 5.74) is 2.32. The van der Waals surface area contributed by atoms with Crippen molar-refractivity contribution in [1.82, 2.24) is 9.97 Å². The molecule has 0 amide bonds. The third-order valence-electron chi connectivity index (χ3n) is 2.31. The van der Waals surface area contributed by atoms with Crippen LogP contribution >= 0.6 is 0 Å². The van der Waals surface area contributed by atoms with Gasteiger partial charge in [-0.1, -0.05) is 18.2 Å². The van der Waals surface area contributed by atoms with Crippen LogP contribution in [0.25, 0.3) is 21.8 Å². The lowest BCUT2D eigenvalue weighted by molar-refractivity contribution is 0.824. The summed E-state index contributed by atoms with van der Waals surface area (Å²) < 4.78 is 0. The van der Waals surface area contributed by atoms with Gasteiger partial charge in [0.15, 0.2) is 0 Å². The van der Waals surface area contributed by atoms with Gasteiger partial charge in [0.2, 0.25) is 0 Å². The Bertz CT molecular complexity index is 521. The fourth-order valence-corrected chi connectivity index (χ4v) is 1.69. The number of benzene rings is 1. The number of H-pyrrole nitrogens is 1. The molecule has 0 aliphatic carbocycles. The van der Waals surface area contributed by atoms with Crippen molar-refractivity contribution in [2.75, 3.05) is 0 Å². The number of aromatic nitrogens is 2. The molecule has 1 aromatic carbocycles. The number of rotatable bonds is 0. The number of nitrogens with zero attached hydrogens (tertiary/aromatic N) is 1. The number of nitrogens with one attached hydrogen (secondary N) is 1. The van der Waals surface area contributed by atoms with E-state index in [1.54, 1.807) is 6.20 Å². The standard InChI is InChI=1S/C11H8N2.H2O/c1-2-4-10-8(3-1)9-7-12-6-5-11(9)13-10;/h1-7,13H;1H2. The zero-order valence-electron chi connectivity index (χ0n) is 7.49. The van der Waals surface area contributed by atoms with E-state index >= 15 is 0 Å². The van der Waals surface area contributed by atoms with Crippen LogP contribution in [0.5, 0.6) is 0 Å². The molecule has 0 aliphatic rings. The zero-order chi connectivity index (χ0) is 8.67. The number of hydrogen-bond acceptors (Lipinski definition) is 1. The largest absolute Gasteiger partial charge is 0.412 e. The lowest BCUT2D eigenvalue weighted by Crippen LogP contribution is -1.68. The lowest BCUT2D eigenvalue weighted by Gasteiger charge is -1.87. The van der Waals surface area contributed by atoms with Gasteiger partial charge in [-0.05, 0) is 12.1 Å². The maximum Gasteiger partial charge on any atom is 0.0495 e. The van der Waals surface area contributed by atoms with Crippen LogP contribution in [0.1, 0.15) is 0 Å². The molecule has 2 heterocycles. The Morgan fingerprint density at radius 1 is 0.929 bits per heavy atom. The molecule has 3 rings (SSSR count). The van der Waals surface area contributed by atoms with Crippen LogP contribution in [0.15, 0.2) is 42.7 Å². The van der Waals surface area contributed by atoms with E-state index in [4.69, 9.17) is 0 Å². The Balaban J connectivity index is 0.000000750. The summed E-state index contributed by atoms with van der Waals surface area (Å²) in [4.78, 5) is 7.45. The Morgan fingerprint density at radius 3 is 2.64 bits per heavy atom. The fourth-order valence-electron chi connectivity index (χ4n) is 1.69. The van der Waals surface area contributed by atoms with Crippen LogP contribution < -0.4 is 0 Å². The minimum Gasteiger partial charge on any atom is -0.412 e. The van der Waals surface area contributed by atoms with Crippen LogP contribution in [-0.2, 0) is 0 Å².